The minimum Gasteiger partial charge on any atom is -0.381 e. The lowest BCUT2D eigenvalue weighted by Crippen LogP contribution is -2.32. The zero-order valence-corrected chi connectivity index (χ0v) is 12.3. The van der Waals surface area contributed by atoms with Gasteiger partial charge in [0.15, 0.2) is 0 Å². The summed E-state index contributed by atoms with van der Waals surface area (Å²) in [6.45, 7) is 2.28. The SMILES string of the molecule is O=C(NCC1CCOCC1)c1cc(Cl)ccc1Br. The van der Waals surface area contributed by atoms with Crippen LogP contribution in [0.1, 0.15) is 23.2 Å². The second-order valence-corrected chi connectivity index (χ2v) is 5.68. The fraction of sp³-hybridized carbons (Fsp3) is 0.462. The normalized spacial score (nSPS) is 16.6. The highest BCUT2D eigenvalue weighted by molar-refractivity contribution is 9.10. The van der Waals surface area contributed by atoms with Crippen LogP contribution in [0.3, 0.4) is 0 Å². The summed E-state index contributed by atoms with van der Waals surface area (Å²) in [5.74, 6) is 0.427. The molecule has 3 nitrogen and oxygen atoms in total. The van der Waals surface area contributed by atoms with E-state index in [0.29, 0.717) is 23.0 Å². The molecule has 1 aromatic rings. The fourth-order valence-electron chi connectivity index (χ4n) is 1.95. The first-order valence-corrected chi connectivity index (χ1v) is 7.15. The summed E-state index contributed by atoms with van der Waals surface area (Å²) in [6, 6.07) is 5.21. The second-order valence-electron chi connectivity index (χ2n) is 4.39. The van der Waals surface area contributed by atoms with Crippen LogP contribution in [-0.4, -0.2) is 25.7 Å². The second kappa shape index (κ2) is 6.55. The maximum absolute atomic E-state index is 12.0. The average molecular weight is 333 g/mol. The van der Waals surface area contributed by atoms with Gasteiger partial charge in [0.05, 0.1) is 5.56 Å². The van der Waals surface area contributed by atoms with Crippen LogP contribution >= 0.6 is 27.5 Å². The maximum atomic E-state index is 12.0. The third-order valence-electron chi connectivity index (χ3n) is 3.07. The number of hydrogen-bond donors (Lipinski definition) is 1. The first-order chi connectivity index (χ1) is 8.66. The summed E-state index contributed by atoms with van der Waals surface area (Å²) < 4.78 is 6.05. The van der Waals surface area contributed by atoms with Crippen molar-refractivity contribution in [2.24, 2.45) is 5.92 Å². The molecule has 5 heteroatoms. The van der Waals surface area contributed by atoms with Gasteiger partial charge in [-0.05, 0) is 52.9 Å². The Morgan fingerprint density at radius 2 is 2.17 bits per heavy atom. The highest BCUT2D eigenvalue weighted by atomic mass is 79.9. The van der Waals surface area contributed by atoms with Crippen molar-refractivity contribution in [1.82, 2.24) is 5.32 Å². The Bertz CT molecular complexity index is 433. The molecule has 0 radical (unpaired) electrons. The van der Waals surface area contributed by atoms with Crippen LogP contribution in [0.4, 0.5) is 0 Å². The molecule has 1 aromatic carbocycles. The quantitative estimate of drug-likeness (QED) is 0.922. The Hall–Kier alpha value is -0.580. The van der Waals surface area contributed by atoms with E-state index in [1.807, 2.05) is 0 Å². The number of carbonyl (C=O) groups excluding carboxylic acids is 1. The summed E-state index contributed by atoms with van der Waals surface area (Å²) in [6.07, 6.45) is 2.02. The summed E-state index contributed by atoms with van der Waals surface area (Å²) in [5.41, 5.74) is 0.578. The first-order valence-electron chi connectivity index (χ1n) is 5.98. The van der Waals surface area contributed by atoms with E-state index in [-0.39, 0.29) is 5.91 Å². The number of benzene rings is 1. The van der Waals surface area contributed by atoms with Crippen molar-refractivity contribution >= 4 is 33.4 Å². The first kappa shape index (κ1) is 13.8. The molecule has 1 N–H and O–H groups in total. The summed E-state index contributed by atoms with van der Waals surface area (Å²) in [4.78, 5) is 12.0. The van der Waals surface area contributed by atoms with E-state index in [0.717, 1.165) is 30.5 Å². The van der Waals surface area contributed by atoms with Gasteiger partial charge < -0.3 is 10.1 Å². The van der Waals surface area contributed by atoms with E-state index in [2.05, 4.69) is 21.2 Å². The molecule has 18 heavy (non-hydrogen) atoms. The average Bonchev–Trinajstić information content (AvgIpc) is 2.40. The molecule has 0 aromatic heterocycles. The van der Waals surface area contributed by atoms with Gasteiger partial charge in [-0.25, -0.2) is 0 Å². The van der Waals surface area contributed by atoms with Gasteiger partial charge >= 0.3 is 0 Å². The van der Waals surface area contributed by atoms with Crippen molar-refractivity contribution in [1.29, 1.82) is 0 Å². The van der Waals surface area contributed by atoms with Gasteiger partial charge in [-0.1, -0.05) is 11.6 Å². The largest absolute Gasteiger partial charge is 0.381 e. The van der Waals surface area contributed by atoms with Gasteiger partial charge in [-0.3, -0.25) is 4.79 Å². The lowest BCUT2D eigenvalue weighted by Gasteiger charge is -2.22. The monoisotopic (exact) mass is 331 g/mol. The molecule has 0 bridgehead atoms. The third kappa shape index (κ3) is 3.70. The van der Waals surface area contributed by atoms with E-state index < -0.39 is 0 Å². The Kier molecular flexibility index (Phi) is 5.03. The van der Waals surface area contributed by atoms with Gasteiger partial charge in [-0.15, -0.1) is 0 Å². The predicted octanol–water partition coefficient (Wildman–Crippen LogP) is 3.26. The van der Waals surface area contributed by atoms with E-state index in [1.165, 1.54) is 0 Å². The molecule has 0 atom stereocenters. The molecule has 0 unspecified atom stereocenters. The summed E-state index contributed by atoms with van der Waals surface area (Å²) in [7, 11) is 0. The standard InChI is InChI=1S/C13H15BrClNO2/c14-12-2-1-10(15)7-11(12)13(17)16-8-9-3-5-18-6-4-9/h1-2,7,9H,3-6,8H2,(H,16,17). The smallest absolute Gasteiger partial charge is 0.252 e. The summed E-state index contributed by atoms with van der Waals surface area (Å²) in [5, 5.41) is 3.52. The van der Waals surface area contributed by atoms with Crippen LogP contribution in [0.15, 0.2) is 22.7 Å². The molecule has 1 amide bonds. The molecule has 2 rings (SSSR count). The number of ether oxygens (including phenoxy) is 1. The number of amides is 1. The van der Waals surface area contributed by atoms with Crippen molar-refractivity contribution < 1.29 is 9.53 Å². The van der Waals surface area contributed by atoms with Crippen molar-refractivity contribution in [2.45, 2.75) is 12.8 Å². The minimum atomic E-state index is -0.0872. The van der Waals surface area contributed by atoms with Crippen LogP contribution < -0.4 is 5.32 Å². The van der Waals surface area contributed by atoms with Gasteiger partial charge in [0.1, 0.15) is 0 Å². The molecule has 98 valence electrons. The highest BCUT2D eigenvalue weighted by Crippen LogP contribution is 2.21. The Balaban J connectivity index is 1.92. The highest BCUT2D eigenvalue weighted by Gasteiger charge is 2.16. The lowest BCUT2D eigenvalue weighted by atomic mass is 10.0. The Morgan fingerprint density at radius 3 is 2.89 bits per heavy atom. The van der Waals surface area contributed by atoms with E-state index >= 15 is 0 Å². The van der Waals surface area contributed by atoms with Crippen molar-refractivity contribution in [3.63, 3.8) is 0 Å². The topological polar surface area (TPSA) is 38.3 Å². The van der Waals surface area contributed by atoms with Gasteiger partial charge in [-0.2, -0.15) is 0 Å². The molecule has 0 saturated carbocycles. The summed E-state index contributed by atoms with van der Waals surface area (Å²) >= 11 is 9.25. The van der Waals surface area contributed by atoms with E-state index in [4.69, 9.17) is 16.3 Å². The third-order valence-corrected chi connectivity index (χ3v) is 3.99. The van der Waals surface area contributed by atoms with Crippen LogP contribution in [0.2, 0.25) is 5.02 Å². The van der Waals surface area contributed by atoms with Crippen LogP contribution in [0.25, 0.3) is 0 Å². The number of hydrogen-bond acceptors (Lipinski definition) is 2. The van der Waals surface area contributed by atoms with Gasteiger partial charge in [0.2, 0.25) is 0 Å². The number of carbonyl (C=O) groups is 1. The molecular formula is C13H15BrClNO2. The fourth-order valence-corrected chi connectivity index (χ4v) is 2.55. The van der Waals surface area contributed by atoms with Gasteiger partial charge in [0, 0.05) is 29.3 Å². The number of halogens is 2. The van der Waals surface area contributed by atoms with E-state index in [1.54, 1.807) is 18.2 Å². The molecule has 1 saturated heterocycles. The molecule has 1 aliphatic heterocycles. The lowest BCUT2D eigenvalue weighted by molar-refractivity contribution is 0.0642. The molecule has 1 fully saturated rings. The van der Waals surface area contributed by atoms with Gasteiger partial charge in [0.25, 0.3) is 5.91 Å². The molecule has 0 spiro atoms. The zero-order valence-electron chi connectivity index (χ0n) is 9.92. The molecular weight excluding hydrogens is 318 g/mol. The number of rotatable bonds is 3. The van der Waals surface area contributed by atoms with E-state index in [9.17, 15) is 4.79 Å². The number of nitrogens with one attached hydrogen (secondary N) is 1. The predicted molar refractivity (Wildman–Crippen MR) is 75.0 cm³/mol. The Morgan fingerprint density at radius 1 is 1.44 bits per heavy atom. The van der Waals surface area contributed by atoms with Crippen LogP contribution in [-0.2, 0) is 4.74 Å². The molecule has 1 heterocycles. The zero-order chi connectivity index (χ0) is 13.0. The Labute approximate surface area is 120 Å². The maximum Gasteiger partial charge on any atom is 0.252 e. The minimum absolute atomic E-state index is 0.0872. The van der Waals surface area contributed by atoms with Crippen molar-refractivity contribution in [3.05, 3.63) is 33.3 Å². The van der Waals surface area contributed by atoms with Crippen molar-refractivity contribution in [2.75, 3.05) is 19.8 Å². The molecule has 1 aliphatic rings. The van der Waals surface area contributed by atoms with Crippen molar-refractivity contribution in [3.8, 4) is 0 Å². The van der Waals surface area contributed by atoms with Crippen LogP contribution in [0, 0.1) is 5.92 Å². The molecule has 0 aliphatic carbocycles. The van der Waals surface area contributed by atoms with Crippen LogP contribution in [0.5, 0.6) is 0 Å².